The smallest absolute Gasteiger partial charge is 0.136 e. The van der Waals surface area contributed by atoms with E-state index in [0.717, 1.165) is 25.2 Å². The lowest BCUT2D eigenvalue weighted by atomic mass is 9.68. The quantitative estimate of drug-likeness (QED) is 0.729. The van der Waals surface area contributed by atoms with Gasteiger partial charge >= 0.3 is 0 Å². The molecule has 1 aliphatic carbocycles. The average Bonchev–Trinajstić information content (AvgIpc) is 2.39. The lowest BCUT2D eigenvalue weighted by Gasteiger charge is -2.37. The van der Waals surface area contributed by atoms with Crippen LogP contribution in [-0.2, 0) is 4.79 Å². The Hall–Kier alpha value is 0.0200. The van der Waals surface area contributed by atoms with Gasteiger partial charge < -0.3 is 0 Å². The topological polar surface area (TPSA) is 17.1 Å². The fraction of sp³-hybridized carbons (Fsp3) is 0.941. The molecule has 1 saturated heterocycles. The van der Waals surface area contributed by atoms with Gasteiger partial charge in [-0.05, 0) is 67.3 Å². The Morgan fingerprint density at radius 2 is 1.58 bits per heavy atom. The van der Waals surface area contributed by atoms with E-state index in [1.165, 1.54) is 37.2 Å². The molecule has 0 aromatic carbocycles. The molecule has 1 nitrogen and oxygen atoms in total. The SMILES string of the molecule is CC(C)(C)C1CCC(C(=O)CC2CCSCC2)CC1. The van der Waals surface area contributed by atoms with E-state index in [1.54, 1.807) is 0 Å². The van der Waals surface area contributed by atoms with Crippen LogP contribution in [0.3, 0.4) is 0 Å². The second kappa shape index (κ2) is 6.65. The second-order valence-corrected chi connectivity index (χ2v) is 8.87. The predicted molar refractivity (Wildman–Crippen MR) is 84.6 cm³/mol. The molecule has 2 fully saturated rings. The Labute approximate surface area is 123 Å². The minimum Gasteiger partial charge on any atom is -0.299 e. The monoisotopic (exact) mass is 282 g/mol. The number of carbonyl (C=O) groups excluding carboxylic acids is 1. The summed E-state index contributed by atoms with van der Waals surface area (Å²) in [5.74, 6) is 5.05. The van der Waals surface area contributed by atoms with Crippen molar-refractivity contribution in [2.24, 2.45) is 23.2 Å². The van der Waals surface area contributed by atoms with Gasteiger partial charge in [-0.2, -0.15) is 11.8 Å². The van der Waals surface area contributed by atoms with Crippen LogP contribution in [0.5, 0.6) is 0 Å². The lowest BCUT2D eigenvalue weighted by Crippen LogP contribution is -2.29. The van der Waals surface area contributed by atoms with E-state index >= 15 is 0 Å². The Balaban J connectivity index is 1.76. The third-order valence-electron chi connectivity index (χ3n) is 5.24. The first-order valence-electron chi connectivity index (χ1n) is 8.07. The summed E-state index contributed by atoms with van der Waals surface area (Å²) in [4.78, 5) is 12.4. The molecule has 1 heterocycles. The van der Waals surface area contributed by atoms with Crippen molar-refractivity contribution in [3.05, 3.63) is 0 Å². The molecule has 110 valence electrons. The number of thioether (sulfide) groups is 1. The highest BCUT2D eigenvalue weighted by atomic mass is 32.2. The maximum atomic E-state index is 12.4. The van der Waals surface area contributed by atoms with Crippen LogP contribution in [-0.4, -0.2) is 17.3 Å². The maximum Gasteiger partial charge on any atom is 0.136 e. The van der Waals surface area contributed by atoms with Crippen LogP contribution in [0.1, 0.15) is 65.7 Å². The van der Waals surface area contributed by atoms with E-state index in [9.17, 15) is 4.79 Å². The van der Waals surface area contributed by atoms with Gasteiger partial charge in [-0.3, -0.25) is 4.79 Å². The molecule has 0 aromatic rings. The second-order valence-electron chi connectivity index (χ2n) is 7.64. The summed E-state index contributed by atoms with van der Waals surface area (Å²) >= 11 is 2.05. The van der Waals surface area contributed by atoms with Crippen LogP contribution in [0.15, 0.2) is 0 Å². The molecule has 2 heteroatoms. The van der Waals surface area contributed by atoms with E-state index in [1.807, 2.05) is 0 Å². The highest BCUT2D eigenvalue weighted by Gasteiger charge is 2.32. The molecule has 0 N–H and O–H groups in total. The van der Waals surface area contributed by atoms with Crippen molar-refractivity contribution in [2.75, 3.05) is 11.5 Å². The zero-order valence-electron chi connectivity index (χ0n) is 12.9. The number of Topliss-reactive ketones (excluding diaryl/α,β-unsaturated/α-hetero) is 1. The summed E-state index contributed by atoms with van der Waals surface area (Å²) in [6.07, 6.45) is 8.26. The Morgan fingerprint density at radius 1 is 1.00 bits per heavy atom. The van der Waals surface area contributed by atoms with Crippen molar-refractivity contribution < 1.29 is 4.79 Å². The Morgan fingerprint density at radius 3 is 2.11 bits per heavy atom. The number of ketones is 1. The van der Waals surface area contributed by atoms with Crippen molar-refractivity contribution in [3.63, 3.8) is 0 Å². The normalized spacial score (nSPS) is 30.3. The third kappa shape index (κ3) is 4.51. The number of carbonyl (C=O) groups is 1. The lowest BCUT2D eigenvalue weighted by molar-refractivity contribution is -0.125. The highest BCUT2D eigenvalue weighted by molar-refractivity contribution is 7.99. The summed E-state index contributed by atoms with van der Waals surface area (Å²) in [6.45, 7) is 7.04. The Kier molecular flexibility index (Phi) is 5.39. The number of rotatable bonds is 3. The van der Waals surface area contributed by atoms with E-state index < -0.39 is 0 Å². The predicted octanol–water partition coefficient (Wildman–Crippen LogP) is 4.94. The summed E-state index contributed by atoms with van der Waals surface area (Å²) in [5, 5.41) is 0. The fourth-order valence-electron chi connectivity index (χ4n) is 3.68. The van der Waals surface area contributed by atoms with Gasteiger partial charge in [0.15, 0.2) is 0 Å². The molecule has 0 unspecified atom stereocenters. The molecule has 1 saturated carbocycles. The maximum absolute atomic E-state index is 12.4. The van der Waals surface area contributed by atoms with Crippen LogP contribution < -0.4 is 0 Å². The fourth-order valence-corrected chi connectivity index (χ4v) is 4.89. The van der Waals surface area contributed by atoms with Crippen molar-refractivity contribution in [2.45, 2.75) is 65.7 Å². The van der Waals surface area contributed by atoms with Gasteiger partial charge in [0.25, 0.3) is 0 Å². The molecule has 0 radical (unpaired) electrons. The van der Waals surface area contributed by atoms with Gasteiger partial charge in [-0.15, -0.1) is 0 Å². The van der Waals surface area contributed by atoms with E-state index in [4.69, 9.17) is 0 Å². The van der Waals surface area contributed by atoms with Crippen LogP contribution in [0, 0.1) is 23.2 Å². The molecule has 2 aliphatic rings. The van der Waals surface area contributed by atoms with Gasteiger partial charge in [-0.25, -0.2) is 0 Å². The number of hydrogen-bond donors (Lipinski definition) is 0. The Bertz CT molecular complexity index is 291. The van der Waals surface area contributed by atoms with E-state index in [2.05, 4.69) is 32.5 Å². The van der Waals surface area contributed by atoms with E-state index in [0.29, 0.717) is 23.0 Å². The minimum atomic E-state index is 0.396. The summed E-state index contributed by atoms with van der Waals surface area (Å²) in [7, 11) is 0. The van der Waals surface area contributed by atoms with E-state index in [-0.39, 0.29) is 0 Å². The van der Waals surface area contributed by atoms with Gasteiger partial charge in [-0.1, -0.05) is 20.8 Å². The molecule has 0 atom stereocenters. The van der Waals surface area contributed by atoms with Crippen molar-refractivity contribution >= 4 is 17.5 Å². The van der Waals surface area contributed by atoms with Crippen molar-refractivity contribution in [1.29, 1.82) is 0 Å². The first-order chi connectivity index (χ1) is 8.97. The van der Waals surface area contributed by atoms with Crippen molar-refractivity contribution in [3.8, 4) is 0 Å². The first-order valence-corrected chi connectivity index (χ1v) is 9.22. The molecule has 0 aromatic heterocycles. The van der Waals surface area contributed by atoms with Crippen LogP contribution >= 0.6 is 11.8 Å². The van der Waals surface area contributed by atoms with Gasteiger partial charge in [0.05, 0.1) is 0 Å². The largest absolute Gasteiger partial charge is 0.299 e. The highest BCUT2D eigenvalue weighted by Crippen LogP contribution is 2.40. The molecule has 0 spiro atoms. The third-order valence-corrected chi connectivity index (χ3v) is 6.29. The van der Waals surface area contributed by atoms with Crippen LogP contribution in [0.25, 0.3) is 0 Å². The van der Waals surface area contributed by atoms with Gasteiger partial charge in [0, 0.05) is 12.3 Å². The molecule has 0 amide bonds. The average molecular weight is 282 g/mol. The first kappa shape index (κ1) is 15.4. The zero-order chi connectivity index (χ0) is 13.9. The molecular formula is C17H30OS. The summed E-state index contributed by atoms with van der Waals surface area (Å²) in [5.41, 5.74) is 0.425. The minimum absolute atomic E-state index is 0.396. The van der Waals surface area contributed by atoms with Crippen molar-refractivity contribution in [1.82, 2.24) is 0 Å². The molecule has 2 rings (SSSR count). The zero-order valence-corrected chi connectivity index (χ0v) is 13.7. The summed E-state index contributed by atoms with van der Waals surface area (Å²) in [6, 6.07) is 0. The molecule has 0 bridgehead atoms. The molecule has 1 aliphatic heterocycles. The standard InChI is InChI=1S/C17H30OS/c1-17(2,3)15-6-4-14(5-7-15)16(18)12-13-8-10-19-11-9-13/h13-15H,4-12H2,1-3H3. The molecular weight excluding hydrogens is 252 g/mol. The van der Waals surface area contributed by atoms with Crippen LogP contribution in [0.2, 0.25) is 0 Å². The van der Waals surface area contributed by atoms with Gasteiger partial charge in [0.1, 0.15) is 5.78 Å². The summed E-state index contributed by atoms with van der Waals surface area (Å²) < 4.78 is 0. The van der Waals surface area contributed by atoms with Gasteiger partial charge in [0.2, 0.25) is 0 Å². The molecule has 19 heavy (non-hydrogen) atoms. The van der Waals surface area contributed by atoms with Crippen LogP contribution in [0.4, 0.5) is 0 Å². The number of hydrogen-bond acceptors (Lipinski definition) is 2.